The summed E-state index contributed by atoms with van der Waals surface area (Å²) in [7, 11) is -0.129. The lowest BCUT2D eigenvalue weighted by Crippen LogP contribution is -2.30. The van der Waals surface area contributed by atoms with Crippen LogP contribution in [-0.4, -0.2) is 44.0 Å². The van der Waals surface area contributed by atoms with Gasteiger partial charge in [-0.05, 0) is 29.2 Å². The van der Waals surface area contributed by atoms with Crippen LogP contribution in [-0.2, 0) is 6.54 Å². The number of methoxy groups -OCH3 is 1. The number of ether oxygens (including phenoxy) is 1. The number of anilines is 1. The number of nitrogens with one attached hydrogen (secondary N) is 1. The van der Waals surface area contributed by atoms with E-state index in [2.05, 4.69) is 20.4 Å². The maximum absolute atomic E-state index is 13.4. The molecule has 3 N–H and O–H groups in total. The SMILES string of the molecule is COc1cc(NCc2cccc(F)c2)nc(-n2ncc3c(B(O)O)cccc32)n1. The van der Waals surface area contributed by atoms with Crippen molar-refractivity contribution in [3.05, 3.63) is 66.1 Å². The molecule has 8 nitrogen and oxygen atoms in total. The molecule has 0 aliphatic heterocycles. The summed E-state index contributed by atoms with van der Waals surface area (Å²) in [5.41, 5.74) is 1.70. The van der Waals surface area contributed by atoms with Crippen LogP contribution in [0.1, 0.15) is 5.56 Å². The molecule has 0 aliphatic rings. The Balaban J connectivity index is 1.70. The Labute approximate surface area is 165 Å². The third-order valence-corrected chi connectivity index (χ3v) is 4.38. The summed E-state index contributed by atoms with van der Waals surface area (Å²) in [5, 5.41) is 27.1. The molecular weight excluding hydrogens is 376 g/mol. The minimum Gasteiger partial charge on any atom is -0.481 e. The zero-order chi connectivity index (χ0) is 20.4. The number of benzene rings is 2. The Morgan fingerprint density at radius 1 is 1.14 bits per heavy atom. The maximum Gasteiger partial charge on any atom is 0.489 e. The Morgan fingerprint density at radius 2 is 1.97 bits per heavy atom. The van der Waals surface area contributed by atoms with Crippen molar-refractivity contribution in [2.24, 2.45) is 0 Å². The van der Waals surface area contributed by atoms with Crippen molar-refractivity contribution >= 4 is 29.3 Å². The second-order valence-corrected chi connectivity index (χ2v) is 6.29. The number of halogens is 1. The van der Waals surface area contributed by atoms with Gasteiger partial charge in [0.15, 0.2) is 0 Å². The van der Waals surface area contributed by atoms with Crippen LogP contribution in [0.25, 0.3) is 16.9 Å². The van der Waals surface area contributed by atoms with Crippen LogP contribution in [0.5, 0.6) is 5.88 Å². The standard InChI is InChI=1S/C19H17BFN5O3/c1-29-18-9-17(22-10-12-4-2-5-13(21)8-12)24-19(25-18)26-16-7-3-6-15(20(27)28)14(16)11-23-26/h2-9,11,27-28H,10H2,1H3,(H,22,24,25). The van der Waals surface area contributed by atoms with Gasteiger partial charge in [-0.2, -0.15) is 19.7 Å². The van der Waals surface area contributed by atoms with Crippen molar-refractivity contribution in [2.45, 2.75) is 6.54 Å². The van der Waals surface area contributed by atoms with E-state index in [1.54, 1.807) is 36.4 Å². The van der Waals surface area contributed by atoms with E-state index < -0.39 is 7.12 Å². The van der Waals surface area contributed by atoms with Crippen LogP contribution < -0.4 is 15.5 Å². The average molecular weight is 393 g/mol. The van der Waals surface area contributed by atoms with Gasteiger partial charge in [-0.3, -0.25) is 0 Å². The number of nitrogens with zero attached hydrogens (tertiary/aromatic N) is 4. The molecule has 4 rings (SSSR count). The molecule has 146 valence electrons. The van der Waals surface area contributed by atoms with Crippen molar-refractivity contribution in [3.63, 3.8) is 0 Å². The monoisotopic (exact) mass is 393 g/mol. The first-order valence-corrected chi connectivity index (χ1v) is 8.79. The van der Waals surface area contributed by atoms with Crippen LogP contribution >= 0.6 is 0 Å². The molecule has 2 aromatic carbocycles. The van der Waals surface area contributed by atoms with Gasteiger partial charge < -0.3 is 20.1 Å². The first-order chi connectivity index (χ1) is 14.0. The van der Waals surface area contributed by atoms with Gasteiger partial charge >= 0.3 is 7.12 Å². The van der Waals surface area contributed by atoms with Crippen molar-refractivity contribution < 1.29 is 19.2 Å². The molecule has 0 amide bonds. The zero-order valence-corrected chi connectivity index (χ0v) is 15.5. The lowest BCUT2D eigenvalue weighted by atomic mass is 9.78. The van der Waals surface area contributed by atoms with Gasteiger partial charge in [0, 0.05) is 18.0 Å². The predicted octanol–water partition coefficient (Wildman–Crippen LogP) is 1.26. The Kier molecular flexibility index (Phi) is 5.11. The quantitative estimate of drug-likeness (QED) is 0.424. The van der Waals surface area contributed by atoms with Crippen LogP contribution in [0.15, 0.2) is 54.7 Å². The van der Waals surface area contributed by atoms with Gasteiger partial charge in [0.1, 0.15) is 11.6 Å². The van der Waals surface area contributed by atoms with Gasteiger partial charge in [-0.25, -0.2) is 4.39 Å². The van der Waals surface area contributed by atoms with Gasteiger partial charge in [0.05, 0.1) is 18.8 Å². The molecule has 0 atom stereocenters. The molecular formula is C19H17BFN5O3. The average Bonchev–Trinajstić information content (AvgIpc) is 3.16. The number of hydrogen-bond donors (Lipinski definition) is 3. The molecule has 10 heteroatoms. The second-order valence-electron chi connectivity index (χ2n) is 6.29. The number of hydrogen-bond acceptors (Lipinski definition) is 7. The smallest absolute Gasteiger partial charge is 0.481 e. The lowest BCUT2D eigenvalue weighted by Gasteiger charge is -2.10. The van der Waals surface area contributed by atoms with E-state index in [1.165, 1.54) is 30.1 Å². The lowest BCUT2D eigenvalue weighted by molar-refractivity contribution is 0.396. The van der Waals surface area contributed by atoms with Gasteiger partial charge in [-0.1, -0.05) is 24.3 Å². The predicted molar refractivity (Wildman–Crippen MR) is 107 cm³/mol. The molecule has 0 fully saturated rings. The summed E-state index contributed by atoms with van der Waals surface area (Å²) in [4.78, 5) is 8.80. The van der Waals surface area contributed by atoms with E-state index in [1.807, 2.05) is 0 Å². The minimum absolute atomic E-state index is 0.241. The van der Waals surface area contributed by atoms with Gasteiger partial charge in [0.25, 0.3) is 5.95 Å². The number of aromatic nitrogens is 4. The minimum atomic E-state index is -1.62. The van der Waals surface area contributed by atoms with E-state index in [0.29, 0.717) is 34.6 Å². The molecule has 0 aliphatic carbocycles. The van der Waals surface area contributed by atoms with Crippen LogP contribution in [0.4, 0.5) is 10.2 Å². The highest BCUT2D eigenvalue weighted by atomic mass is 19.1. The molecule has 0 unspecified atom stereocenters. The van der Waals surface area contributed by atoms with Crippen molar-refractivity contribution in [1.82, 2.24) is 19.7 Å². The van der Waals surface area contributed by atoms with Gasteiger partial charge in [-0.15, -0.1) is 0 Å². The third-order valence-electron chi connectivity index (χ3n) is 4.38. The topological polar surface area (TPSA) is 105 Å². The summed E-state index contributed by atoms with van der Waals surface area (Å²) in [6.45, 7) is 0.359. The fourth-order valence-electron chi connectivity index (χ4n) is 3.00. The van der Waals surface area contributed by atoms with Crippen molar-refractivity contribution in [1.29, 1.82) is 0 Å². The Bertz CT molecular complexity index is 1170. The summed E-state index contributed by atoms with van der Waals surface area (Å²) in [6.07, 6.45) is 1.52. The van der Waals surface area contributed by atoms with Crippen LogP contribution in [0, 0.1) is 5.82 Å². The van der Waals surface area contributed by atoms with E-state index in [9.17, 15) is 14.4 Å². The van der Waals surface area contributed by atoms with Crippen molar-refractivity contribution in [3.8, 4) is 11.8 Å². The van der Waals surface area contributed by atoms with Crippen LogP contribution in [0.2, 0.25) is 0 Å². The van der Waals surface area contributed by atoms with Crippen molar-refractivity contribution in [2.75, 3.05) is 12.4 Å². The normalized spacial score (nSPS) is 10.9. The first-order valence-electron chi connectivity index (χ1n) is 8.79. The Hall–Kier alpha value is -3.50. The molecule has 0 bridgehead atoms. The Morgan fingerprint density at radius 3 is 2.72 bits per heavy atom. The summed E-state index contributed by atoms with van der Waals surface area (Å²) >= 11 is 0. The molecule has 29 heavy (non-hydrogen) atoms. The summed E-state index contributed by atoms with van der Waals surface area (Å²) < 4.78 is 20.1. The molecule has 0 spiro atoms. The number of rotatable bonds is 6. The molecule has 2 heterocycles. The molecule has 0 saturated carbocycles. The van der Waals surface area contributed by atoms with E-state index in [-0.39, 0.29) is 11.8 Å². The number of fused-ring (bicyclic) bond motifs is 1. The third kappa shape index (κ3) is 3.89. The van der Waals surface area contributed by atoms with E-state index >= 15 is 0 Å². The molecule has 0 radical (unpaired) electrons. The molecule has 2 aromatic heterocycles. The summed E-state index contributed by atoms with van der Waals surface area (Å²) in [6, 6.07) is 13.0. The van der Waals surface area contributed by atoms with E-state index in [0.717, 1.165) is 5.56 Å². The fourth-order valence-corrected chi connectivity index (χ4v) is 3.00. The highest BCUT2D eigenvalue weighted by Gasteiger charge is 2.18. The second kappa shape index (κ2) is 7.86. The highest BCUT2D eigenvalue weighted by molar-refractivity contribution is 6.61. The van der Waals surface area contributed by atoms with E-state index in [4.69, 9.17) is 4.74 Å². The fraction of sp³-hybridized carbons (Fsp3) is 0.105. The highest BCUT2D eigenvalue weighted by Crippen LogP contribution is 2.20. The van der Waals surface area contributed by atoms with Gasteiger partial charge in [0.2, 0.25) is 5.88 Å². The van der Waals surface area contributed by atoms with Crippen LogP contribution in [0.3, 0.4) is 0 Å². The zero-order valence-electron chi connectivity index (χ0n) is 15.5. The maximum atomic E-state index is 13.4. The molecule has 0 saturated heterocycles. The molecule has 4 aromatic rings. The summed E-state index contributed by atoms with van der Waals surface area (Å²) in [5.74, 6) is 0.720. The first kappa shape index (κ1) is 18.8. The largest absolute Gasteiger partial charge is 0.489 e.